The van der Waals surface area contributed by atoms with Gasteiger partial charge in [0.25, 0.3) is 10.2 Å². The number of hydrogen-bond acceptors (Lipinski definition) is 3. The number of nitrogens with one attached hydrogen (secondary N) is 2. The maximum Gasteiger partial charge on any atom is 0.296 e. The fourth-order valence-electron chi connectivity index (χ4n) is 2.88. The summed E-state index contributed by atoms with van der Waals surface area (Å²) in [5, 5.41) is 8.50. The first kappa shape index (κ1) is 16.1. The van der Waals surface area contributed by atoms with Crippen molar-refractivity contribution < 1.29 is 8.42 Å². The van der Waals surface area contributed by atoms with Gasteiger partial charge in [-0.15, -0.1) is 0 Å². The van der Waals surface area contributed by atoms with E-state index < -0.39 is 10.2 Å². The highest BCUT2D eigenvalue weighted by atomic mass is 32.2. The van der Waals surface area contributed by atoms with Crippen LogP contribution in [0.5, 0.6) is 0 Å². The van der Waals surface area contributed by atoms with Gasteiger partial charge in [0.2, 0.25) is 0 Å². The van der Waals surface area contributed by atoms with Gasteiger partial charge in [-0.3, -0.25) is 4.72 Å². The molecule has 1 aromatic carbocycles. The van der Waals surface area contributed by atoms with Crippen LogP contribution in [-0.4, -0.2) is 14.5 Å². The van der Waals surface area contributed by atoms with Crippen molar-refractivity contribution in [1.29, 1.82) is 0 Å². The van der Waals surface area contributed by atoms with E-state index in [1.54, 1.807) is 12.1 Å². The molecule has 1 atom stereocenters. The molecule has 1 unspecified atom stereocenters. The summed E-state index contributed by atoms with van der Waals surface area (Å²) < 4.78 is 24.4. The van der Waals surface area contributed by atoms with Crippen LogP contribution >= 0.6 is 0 Å². The normalized spacial score (nSPS) is 22.3. The lowest BCUT2D eigenvalue weighted by Gasteiger charge is -2.22. The summed E-state index contributed by atoms with van der Waals surface area (Å²) in [6, 6.07) is 7.67. The Kier molecular flexibility index (Phi) is 4.78. The van der Waals surface area contributed by atoms with Gasteiger partial charge in [0.15, 0.2) is 0 Å². The first-order valence-electron chi connectivity index (χ1n) is 7.41. The third-order valence-electron chi connectivity index (χ3n) is 4.07. The van der Waals surface area contributed by atoms with Crippen molar-refractivity contribution in [2.24, 2.45) is 10.6 Å². The molecule has 6 heteroatoms. The average Bonchev–Trinajstić information content (AvgIpc) is 2.49. The fraction of sp³-hybridized carbons (Fsp3) is 0.600. The summed E-state index contributed by atoms with van der Waals surface area (Å²) in [7, 11) is -3.73. The second-order valence-corrected chi connectivity index (χ2v) is 7.96. The minimum absolute atomic E-state index is 0.424. The maximum atomic E-state index is 11.1. The van der Waals surface area contributed by atoms with Crippen LogP contribution in [0.25, 0.3) is 0 Å². The van der Waals surface area contributed by atoms with Gasteiger partial charge in [-0.2, -0.15) is 8.42 Å². The molecule has 0 amide bonds. The molecule has 4 N–H and O–H groups in total. The van der Waals surface area contributed by atoms with E-state index in [0.29, 0.717) is 17.1 Å². The summed E-state index contributed by atoms with van der Waals surface area (Å²) in [6.07, 6.45) is 5.98. The van der Waals surface area contributed by atoms with Gasteiger partial charge < -0.3 is 5.32 Å². The molecule has 1 fully saturated rings. The van der Waals surface area contributed by atoms with Crippen molar-refractivity contribution in [2.45, 2.75) is 52.0 Å². The van der Waals surface area contributed by atoms with Crippen LogP contribution in [0.2, 0.25) is 0 Å². The molecule has 0 aliphatic heterocycles. The van der Waals surface area contributed by atoms with Crippen molar-refractivity contribution in [2.75, 3.05) is 10.0 Å². The van der Waals surface area contributed by atoms with Gasteiger partial charge in [0.05, 0.1) is 5.69 Å². The van der Waals surface area contributed by atoms with E-state index in [1.165, 1.54) is 19.3 Å². The Morgan fingerprint density at radius 3 is 2.62 bits per heavy atom. The number of rotatable bonds is 4. The van der Waals surface area contributed by atoms with E-state index in [1.807, 2.05) is 12.1 Å². The van der Waals surface area contributed by atoms with E-state index in [4.69, 9.17) is 5.14 Å². The smallest absolute Gasteiger partial charge is 0.296 e. The second kappa shape index (κ2) is 6.23. The Hall–Kier alpha value is -1.27. The summed E-state index contributed by atoms with van der Waals surface area (Å²) in [5.74, 6) is 0. The summed E-state index contributed by atoms with van der Waals surface area (Å²) in [4.78, 5) is 0. The lowest BCUT2D eigenvalue weighted by atomic mass is 9.85. The minimum atomic E-state index is -3.73. The highest BCUT2D eigenvalue weighted by Crippen LogP contribution is 2.34. The van der Waals surface area contributed by atoms with Crippen LogP contribution in [0.3, 0.4) is 0 Å². The van der Waals surface area contributed by atoms with Crippen molar-refractivity contribution in [3.8, 4) is 0 Å². The predicted molar refractivity (Wildman–Crippen MR) is 87.4 cm³/mol. The highest BCUT2D eigenvalue weighted by molar-refractivity contribution is 7.90. The average molecular weight is 311 g/mol. The van der Waals surface area contributed by atoms with Crippen LogP contribution in [0.4, 0.5) is 11.4 Å². The largest absolute Gasteiger partial charge is 0.382 e. The van der Waals surface area contributed by atoms with Crippen LogP contribution < -0.4 is 15.2 Å². The molecule has 21 heavy (non-hydrogen) atoms. The molecule has 0 heterocycles. The van der Waals surface area contributed by atoms with E-state index in [2.05, 4.69) is 23.9 Å². The standard InChI is InChI=1S/C15H25N3O2S/c1-15(2)9-4-7-12(8-10-15)17-13-5-3-6-14(11-13)18-21(16,19)20/h3,5-6,11-12,17-18H,4,7-10H2,1-2H3,(H2,16,19,20). The number of anilines is 2. The number of nitrogens with two attached hydrogens (primary N) is 1. The second-order valence-electron chi connectivity index (χ2n) is 6.66. The zero-order valence-electron chi connectivity index (χ0n) is 12.7. The predicted octanol–water partition coefficient (Wildman–Crippen LogP) is 3.07. The Labute approximate surface area is 127 Å². The Bertz CT molecular complexity index is 584. The number of hydrogen-bond donors (Lipinski definition) is 3. The van der Waals surface area contributed by atoms with Gasteiger partial charge >= 0.3 is 0 Å². The van der Waals surface area contributed by atoms with E-state index in [-0.39, 0.29) is 0 Å². The van der Waals surface area contributed by atoms with Crippen LogP contribution in [0, 0.1) is 5.41 Å². The summed E-state index contributed by atoms with van der Waals surface area (Å²) in [5.41, 5.74) is 1.83. The van der Waals surface area contributed by atoms with Gasteiger partial charge in [-0.25, -0.2) is 5.14 Å². The third-order valence-corrected chi connectivity index (χ3v) is 4.59. The Morgan fingerprint density at radius 2 is 1.90 bits per heavy atom. The first-order valence-corrected chi connectivity index (χ1v) is 8.95. The van der Waals surface area contributed by atoms with Crippen molar-refractivity contribution in [3.05, 3.63) is 24.3 Å². The maximum absolute atomic E-state index is 11.1. The highest BCUT2D eigenvalue weighted by Gasteiger charge is 2.24. The molecule has 0 radical (unpaired) electrons. The fourth-order valence-corrected chi connectivity index (χ4v) is 3.33. The molecule has 1 aliphatic carbocycles. The van der Waals surface area contributed by atoms with Crippen LogP contribution in [0.1, 0.15) is 46.0 Å². The van der Waals surface area contributed by atoms with E-state index >= 15 is 0 Å². The monoisotopic (exact) mass is 311 g/mol. The zero-order valence-corrected chi connectivity index (χ0v) is 13.5. The van der Waals surface area contributed by atoms with Crippen LogP contribution in [0.15, 0.2) is 24.3 Å². The third kappa shape index (κ3) is 5.55. The zero-order chi connectivity index (χ0) is 15.5. The molecule has 0 spiro atoms. The molecule has 1 aromatic rings. The minimum Gasteiger partial charge on any atom is -0.382 e. The molecule has 0 saturated heterocycles. The van der Waals surface area contributed by atoms with Crippen LogP contribution in [-0.2, 0) is 10.2 Å². The Balaban J connectivity index is 2.01. The first-order chi connectivity index (χ1) is 9.73. The van der Waals surface area contributed by atoms with Gasteiger partial charge in [0.1, 0.15) is 0 Å². The lowest BCUT2D eigenvalue weighted by molar-refractivity contribution is 0.313. The van der Waals surface area contributed by atoms with Gasteiger partial charge in [-0.05, 0) is 49.3 Å². The molecule has 118 valence electrons. The number of benzene rings is 1. The molecular weight excluding hydrogens is 286 g/mol. The Morgan fingerprint density at radius 1 is 1.19 bits per heavy atom. The SMILES string of the molecule is CC1(C)CCCC(Nc2cccc(NS(N)(=O)=O)c2)CC1. The van der Waals surface area contributed by atoms with Gasteiger partial charge in [-0.1, -0.05) is 26.3 Å². The van der Waals surface area contributed by atoms with Gasteiger partial charge in [0, 0.05) is 11.7 Å². The quantitative estimate of drug-likeness (QED) is 0.747. The molecule has 2 rings (SSSR count). The summed E-state index contributed by atoms with van der Waals surface area (Å²) >= 11 is 0. The van der Waals surface area contributed by atoms with E-state index in [0.717, 1.165) is 18.5 Å². The summed E-state index contributed by atoms with van der Waals surface area (Å²) in [6.45, 7) is 4.65. The van der Waals surface area contributed by atoms with Crippen molar-refractivity contribution >= 4 is 21.6 Å². The van der Waals surface area contributed by atoms with Crippen molar-refractivity contribution in [1.82, 2.24) is 0 Å². The van der Waals surface area contributed by atoms with Crippen molar-refractivity contribution in [3.63, 3.8) is 0 Å². The molecular formula is C15H25N3O2S. The topological polar surface area (TPSA) is 84.2 Å². The molecule has 5 nitrogen and oxygen atoms in total. The molecule has 0 bridgehead atoms. The van der Waals surface area contributed by atoms with E-state index in [9.17, 15) is 8.42 Å². The molecule has 1 saturated carbocycles. The molecule has 1 aliphatic rings. The molecule has 0 aromatic heterocycles. The lowest BCUT2D eigenvalue weighted by Crippen LogP contribution is -2.22.